The topological polar surface area (TPSA) is 99.9 Å². The predicted molar refractivity (Wildman–Crippen MR) is 118 cm³/mol. The molecule has 2 heterocycles. The Morgan fingerprint density at radius 1 is 1.00 bits per heavy atom. The summed E-state index contributed by atoms with van der Waals surface area (Å²) in [5.41, 5.74) is 2.86. The average molecular weight is 439 g/mol. The summed E-state index contributed by atoms with van der Waals surface area (Å²) in [4.78, 5) is 13.7. The van der Waals surface area contributed by atoms with E-state index in [0.29, 0.717) is 28.5 Å². The number of anilines is 1. The number of methoxy groups -OCH3 is 3. The Morgan fingerprint density at radius 2 is 1.71 bits per heavy atom. The summed E-state index contributed by atoms with van der Waals surface area (Å²) in [5.74, 6) is 1.67. The number of rotatable bonds is 6. The van der Waals surface area contributed by atoms with Gasteiger partial charge in [0, 0.05) is 16.8 Å². The molecule has 0 saturated carbocycles. The van der Waals surface area contributed by atoms with Crippen LogP contribution in [0.3, 0.4) is 0 Å². The quantitative estimate of drug-likeness (QED) is 0.488. The van der Waals surface area contributed by atoms with E-state index in [0.717, 1.165) is 26.9 Å². The molecule has 0 bridgehead atoms. The van der Waals surface area contributed by atoms with E-state index in [1.54, 1.807) is 16.6 Å². The van der Waals surface area contributed by atoms with Gasteiger partial charge in [0.15, 0.2) is 17.3 Å². The molecule has 0 saturated heterocycles. The van der Waals surface area contributed by atoms with Crippen molar-refractivity contribution in [3.63, 3.8) is 0 Å². The Labute approximate surface area is 182 Å². The van der Waals surface area contributed by atoms with Crippen LogP contribution in [0.15, 0.2) is 30.3 Å². The first kappa shape index (κ1) is 20.6. The van der Waals surface area contributed by atoms with Gasteiger partial charge in [-0.15, -0.1) is 10.2 Å². The number of aromatic nitrogens is 4. The van der Waals surface area contributed by atoms with Crippen LogP contribution < -0.4 is 19.5 Å². The highest BCUT2D eigenvalue weighted by Crippen LogP contribution is 2.38. The van der Waals surface area contributed by atoms with Crippen LogP contribution in [0, 0.1) is 13.8 Å². The minimum atomic E-state index is -0.298. The van der Waals surface area contributed by atoms with Crippen LogP contribution >= 0.6 is 11.3 Å². The molecule has 0 aliphatic heterocycles. The first-order valence-corrected chi connectivity index (χ1v) is 10.2. The molecule has 4 aromatic rings. The highest BCUT2D eigenvalue weighted by molar-refractivity contribution is 7.19. The Hall–Kier alpha value is -3.66. The summed E-state index contributed by atoms with van der Waals surface area (Å²) in [6, 6.07) is 9.02. The van der Waals surface area contributed by atoms with Crippen LogP contribution in [-0.2, 0) is 0 Å². The summed E-state index contributed by atoms with van der Waals surface area (Å²) in [6.45, 7) is 3.78. The number of carbonyl (C=O) groups excluding carboxylic acids is 1. The summed E-state index contributed by atoms with van der Waals surface area (Å²) < 4.78 is 17.7. The fourth-order valence-electron chi connectivity index (χ4n) is 3.13. The number of ether oxygens (including phenoxy) is 3. The van der Waals surface area contributed by atoms with Crippen molar-refractivity contribution >= 4 is 27.9 Å². The SMILES string of the molecule is COc1cc(C(=O)Nc2cc(-c3nn4c(C)nnc4s3)ccc2C)cc(OC)c1OC. The van der Waals surface area contributed by atoms with Crippen LogP contribution in [0.5, 0.6) is 17.2 Å². The molecule has 0 unspecified atom stereocenters. The zero-order chi connectivity index (χ0) is 22.1. The first-order valence-electron chi connectivity index (χ1n) is 9.36. The molecule has 2 aromatic heterocycles. The van der Waals surface area contributed by atoms with Gasteiger partial charge in [0.1, 0.15) is 5.01 Å². The van der Waals surface area contributed by atoms with E-state index < -0.39 is 0 Å². The van der Waals surface area contributed by atoms with E-state index in [1.807, 2.05) is 32.0 Å². The van der Waals surface area contributed by atoms with Crippen molar-refractivity contribution in [3.05, 3.63) is 47.3 Å². The lowest BCUT2D eigenvalue weighted by atomic mass is 10.1. The number of hydrogen-bond donors (Lipinski definition) is 1. The second-order valence-corrected chi connectivity index (χ2v) is 7.70. The fourth-order valence-corrected chi connectivity index (χ4v) is 4.01. The predicted octanol–water partition coefficient (Wildman–Crippen LogP) is 3.75. The van der Waals surface area contributed by atoms with Crippen LogP contribution in [0.4, 0.5) is 5.69 Å². The van der Waals surface area contributed by atoms with Crippen molar-refractivity contribution in [2.24, 2.45) is 0 Å². The van der Waals surface area contributed by atoms with E-state index in [2.05, 4.69) is 20.6 Å². The highest BCUT2D eigenvalue weighted by Gasteiger charge is 2.18. The van der Waals surface area contributed by atoms with Crippen molar-refractivity contribution in [1.29, 1.82) is 0 Å². The van der Waals surface area contributed by atoms with Gasteiger partial charge in [-0.1, -0.05) is 23.5 Å². The minimum Gasteiger partial charge on any atom is -0.493 e. The van der Waals surface area contributed by atoms with Gasteiger partial charge in [0.25, 0.3) is 5.91 Å². The molecule has 9 nitrogen and oxygen atoms in total. The lowest BCUT2D eigenvalue weighted by Crippen LogP contribution is -2.13. The molecule has 10 heteroatoms. The maximum absolute atomic E-state index is 13.0. The van der Waals surface area contributed by atoms with Crippen molar-refractivity contribution in [3.8, 4) is 27.8 Å². The second-order valence-electron chi connectivity index (χ2n) is 6.75. The Balaban J connectivity index is 1.66. The molecule has 2 aromatic carbocycles. The lowest BCUT2D eigenvalue weighted by molar-refractivity contribution is 0.102. The van der Waals surface area contributed by atoms with Crippen molar-refractivity contribution in [2.45, 2.75) is 13.8 Å². The molecular formula is C21H21N5O4S. The van der Waals surface area contributed by atoms with Gasteiger partial charge in [-0.05, 0) is 37.6 Å². The summed E-state index contributed by atoms with van der Waals surface area (Å²) >= 11 is 1.43. The van der Waals surface area contributed by atoms with Gasteiger partial charge in [0.2, 0.25) is 10.7 Å². The van der Waals surface area contributed by atoms with E-state index in [1.165, 1.54) is 32.7 Å². The van der Waals surface area contributed by atoms with Gasteiger partial charge in [0.05, 0.1) is 21.3 Å². The number of nitrogens with zero attached hydrogens (tertiary/aromatic N) is 4. The van der Waals surface area contributed by atoms with E-state index in [9.17, 15) is 4.79 Å². The van der Waals surface area contributed by atoms with E-state index in [-0.39, 0.29) is 5.91 Å². The number of fused-ring (bicyclic) bond motifs is 1. The Bertz CT molecular complexity index is 1260. The summed E-state index contributed by atoms with van der Waals surface area (Å²) in [6.07, 6.45) is 0. The van der Waals surface area contributed by atoms with E-state index >= 15 is 0 Å². The third-order valence-corrected chi connectivity index (χ3v) is 5.75. The molecule has 160 valence electrons. The van der Waals surface area contributed by atoms with Crippen LogP contribution in [0.1, 0.15) is 21.7 Å². The minimum absolute atomic E-state index is 0.298. The zero-order valence-corrected chi connectivity index (χ0v) is 18.5. The average Bonchev–Trinajstić information content (AvgIpc) is 3.36. The van der Waals surface area contributed by atoms with Gasteiger partial charge in [-0.3, -0.25) is 4.79 Å². The van der Waals surface area contributed by atoms with Crippen molar-refractivity contribution in [1.82, 2.24) is 19.8 Å². The number of aryl methyl sites for hydroxylation is 2. The smallest absolute Gasteiger partial charge is 0.255 e. The molecule has 1 N–H and O–H groups in total. The maximum atomic E-state index is 13.0. The van der Waals surface area contributed by atoms with Gasteiger partial charge < -0.3 is 19.5 Å². The molecule has 1 amide bonds. The monoisotopic (exact) mass is 439 g/mol. The maximum Gasteiger partial charge on any atom is 0.255 e. The van der Waals surface area contributed by atoms with Gasteiger partial charge in [-0.25, -0.2) is 0 Å². The molecular weight excluding hydrogens is 418 g/mol. The molecule has 0 fully saturated rings. The molecule has 0 radical (unpaired) electrons. The normalized spacial score (nSPS) is 10.9. The highest BCUT2D eigenvalue weighted by atomic mass is 32.1. The Morgan fingerprint density at radius 3 is 2.32 bits per heavy atom. The molecule has 0 aliphatic rings. The van der Waals surface area contributed by atoms with Crippen molar-refractivity contribution in [2.75, 3.05) is 26.6 Å². The van der Waals surface area contributed by atoms with Crippen LogP contribution in [0.25, 0.3) is 15.5 Å². The number of hydrogen-bond acceptors (Lipinski definition) is 8. The van der Waals surface area contributed by atoms with Gasteiger partial charge in [-0.2, -0.15) is 9.61 Å². The molecule has 31 heavy (non-hydrogen) atoms. The van der Waals surface area contributed by atoms with E-state index in [4.69, 9.17) is 14.2 Å². The second kappa shape index (κ2) is 8.23. The third kappa shape index (κ3) is 3.77. The number of amides is 1. The van der Waals surface area contributed by atoms with Crippen LogP contribution in [-0.4, -0.2) is 47.0 Å². The molecule has 4 rings (SSSR count). The standard InChI is InChI=1S/C21H21N5O4S/c1-11-6-7-13(20-25-26-12(2)23-24-21(26)31-20)8-15(11)22-19(27)14-9-16(28-3)18(30-5)17(10-14)29-4/h6-10H,1-5H3,(H,22,27). The molecule has 0 spiro atoms. The zero-order valence-electron chi connectivity index (χ0n) is 17.7. The summed E-state index contributed by atoms with van der Waals surface area (Å²) in [7, 11) is 4.53. The number of carbonyl (C=O) groups is 1. The molecule has 0 atom stereocenters. The number of nitrogens with one attached hydrogen (secondary N) is 1. The van der Waals surface area contributed by atoms with Crippen molar-refractivity contribution < 1.29 is 19.0 Å². The third-order valence-electron chi connectivity index (χ3n) is 4.81. The summed E-state index contributed by atoms with van der Waals surface area (Å²) in [5, 5.41) is 16.4. The number of benzene rings is 2. The molecule has 0 aliphatic carbocycles. The van der Waals surface area contributed by atoms with Gasteiger partial charge >= 0.3 is 0 Å². The Kier molecular flexibility index (Phi) is 5.47. The van der Waals surface area contributed by atoms with Crippen LogP contribution in [0.2, 0.25) is 0 Å². The fraction of sp³-hybridized carbons (Fsp3) is 0.238. The lowest BCUT2D eigenvalue weighted by Gasteiger charge is -2.15. The largest absolute Gasteiger partial charge is 0.493 e. The first-order chi connectivity index (χ1) is 14.9.